The number of amides is 3. The van der Waals surface area contributed by atoms with Crippen LogP contribution in [0.15, 0.2) is 86.0 Å². The molecule has 48 heavy (non-hydrogen) atoms. The maximum absolute atomic E-state index is 14.8. The largest absolute Gasteiger partial charge is 0.460 e. The number of hydrogen-bond donors (Lipinski definition) is 2. The molecule has 3 fully saturated rings. The number of halogens is 1. The summed E-state index contributed by atoms with van der Waals surface area (Å²) in [6.07, 6.45) is 3.35. The van der Waals surface area contributed by atoms with Crippen LogP contribution in [0, 0.1) is 11.8 Å². The molecule has 2 aromatic rings. The predicted molar refractivity (Wildman–Crippen MR) is 184 cm³/mol. The highest BCUT2D eigenvalue weighted by Crippen LogP contribution is 2.60. The fourth-order valence-corrected chi connectivity index (χ4v) is 8.35. The summed E-state index contributed by atoms with van der Waals surface area (Å²) in [5.74, 6) is -3.56. The molecule has 3 aliphatic rings. The van der Waals surface area contributed by atoms with Crippen LogP contribution in [0.25, 0.3) is 0 Å². The molecule has 3 amide bonds. The van der Waals surface area contributed by atoms with Crippen molar-refractivity contribution >= 4 is 39.6 Å². The van der Waals surface area contributed by atoms with Crippen molar-refractivity contribution < 1.29 is 33.8 Å². The number of nitrogens with zero attached hydrogens (tertiary/aromatic N) is 2. The van der Waals surface area contributed by atoms with Gasteiger partial charge in [-0.3, -0.25) is 19.2 Å². The van der Waals surface area contributed by atoms with Crippen LogP contribution in [-0.4, -0.2) is 93.0 Å². The van der Waals surface area contributed by atoms with E-state index in [1.807, 2.05) is 60.7 Å². The van der Waals surface area contributed by atoms with Gasteiger partial charge in [-0.15, -0.1) is 13.2 Å². The molecule has 0 aromatic heterocycles. The van der Waals surface area contributed by atoms with Crippen LogP contribution >= 0.6 is 15.9 Å². The third-order valence-electron chi connectivity index (χ3n) is 9.51. The Labute approximate surface area is 290 Å². The number of benzene rings is 2. The molecule has 1 unspecified atom stereocenters. The molecule has 0 aliphatic carbocycles. The van der Waals surface area contributed by atoms with Crippen molar-refractivity contribution in [1.82, 2.24) is 15.1 Å². The smallest absolute Gasteiger partial charge is 0.312 e. The molecular formula is C37H44BrN3O7. The summed E-state index contributed by atoms with van der Waals surface area (Å²) in [6, 6.07) is 17.2. The molecule has 8 atom stereocenters. The number of carbonyl (C=O) groups is 4. The number of fused-ring (bicyclic) bond motifs is 1. The van der Waals surface area contributed by atoms with Gasteiger partial charge in [-0.05, 0) is 37.3 Å². The first-order valence-corrected chi connectivity index (χ1v) is 17.4. The second-order valence-electron chi connectivity index (χ2n) is 12.8. The maximum atomic E-state index is 14.8. The minimum atomic E-state index is -1.33. The molecule has 2 aromatic carbocycles. The molecule has 3 saturated heterocycles. The SMILES string of the molecule is C=CCCC(=O)NC[C@H](C)OC(=O)[C@H]1[C@@H]2O[C@@]3(CC2Br)[C@@H]1C(=O)N([C@@H](CO)Cc1ccccc1)[C@@H]3C(=O)N(CC=C)Cc1ccccc1. The number of alkyl halides is 1. The van der Waals surface area contributed by atoms with Gasteiger partial charge in [-0.2, -0.15) is 0 Å². The first-order valence-electron chi connectivity index (χ1n) is 16.5. The zero-order valence-corrected chi connectivity index (χ0v) is 28.8. The Bertz CT molecular complexity index is 1490. The number of allylic oxidation sites excluding steroid dienone is 1. The molecule has 5 rings (SSSR count). The fraction of sp³-hybridized carbons (Fsp3) is 0.459. The Balaban J connectivity index is 1.48. The Morgan fingerprint density at radius 1 is 1.12 bits per heavy atom. The van der Waals surface area contributed by atoms with Crippen molar-refractivity contribution in [3.8, 4) is 0 Å². The van der Waals surface area contributed by atoms with E-state index in [0.717, 1.165) is 11.1 Å². The summed E-state index contributed by atoms with van der Waals surface area (Å²) in [6.45, 7) is 9.38. The summed E-state index contributed by atoms with van der Waals surface area (Å²) in [7, 11) is 0. The molecule has 1 spiro atoms. The van der Waals surface area contributed by atoms with Crippen molar-refractivity contribution in [2.45, 2.75) is 73.9 Å². The van der Waals surface area contributed by atoms with Gasteiger partial charge in [-0.25, -0.2) is 0 Å². The van der Waals surface area contributed by atoms with Crippen molar-refractivity contribution in [3.05, 3.63) is 97.1 Å². The quantitative estimate of drug-likeness (QED) is 0.154. The van der Waals surface area contributed by atoms with Gasteiger partial charge in [0, 0.05) is 24.3 Å². The molecule has 2 N–H and O–H groups in total. The van der Waals surface area contributed by atoms with Crippen LogP contribution in [0.2, 0.25) is 0 Å². The molecule has 2 bridgehead atoms. The van der Waals surface area contributed by atoms with Gasteiger partial charge in [0.15, 0.2) is 0 Å². The van der Waals surface area contributed by atoms with Crippen LogP contribution in [0.4, 0.5) is 0 Å². The van der Waals surface area contributed by atoms with E-state index in [2.05, 4.69) is 34.4 Å². The Kier molecular flexibility index (Phi) is 11.5. The molecule has 3 aliphatic heterocycles. The lowest BCUT2D eigenvalue weighted by molar-refractivity contribution is -0.160. The highest BCUT2D eigenvalue weighted by molar-refractivity contribution is 9.09. The molecule has 3 heterocycles. The zero-order valence-electron chi connectivity index (χ0n) is 27.2. The minimum absolute atomic E-state index is 0.106. The summed E-state index contributed by atoms with van der Waals surface area (Å²) in [5.41, 5.74) is 0.461. The highest BCUT2D eigenvalue weighted by Gasteiger charge is 2.77. The van der Waals surface area contributed by atoms with Crippen molar-refractivity contribution in [3.63, 3.8) is 0 Å². The Morgan fingerprint density at radius 3 is 2.42 bits per heavy atom. The summed E-state index contributed by atoms with van der Waals surface area (Å²) in [4.78, 5) is 58.3. The summed E-state index contributed by atoms with van der Waals surface area (Å²) in [5, 5.41) is 13.5. The molecule has 256 valence electrons. The number of nitrogens with one attached hydrogen (secondary N) is 1. The lowest BCUT2D eigenvalue weighted by atomic mass is 9.70. The third kappa shape index (κ3) is 7.13. The van der Waals surface area contributed by atoms with Gasteiger partial charge in [0.05, 0.1) is 37.1 Å². The lowest BCUT2D eigenvalue weighted by Crippen LogP contribution is -2.59. The van der Waals surface area contributed by atoms with Gasteiger partial charge in [0.1, 0.15) is 17.7 Å². The van der Waals surface area contributed by atoms with E-state index in [9.17, 15) is 24.3 Å². The summed E-state index contributed by atoms with van der Waals surface area (Å²) < 4.78 is 12.5. The van der Waals surface area contributed by atoms with E-state index < -0.39 is 60.2 Å². The average molecular weight is 723 g/mol. The van der Waals surface area contributed by atoms with Crippen molar-refractivity contribution in [2.24, 2.45) is 11.8 Å². The topological polar surface area (TPSA) is 125 Å². The van der Waals surface area contributed by atoms with Crippen LogP contribution in [-0.2, 0) is 41.6 Å². The second-order valence-corrected chi connectivity index (χ2v) is 14.0. The van der Waals surface area contributed by atoms with Crippen LogP contribution < -0.4 is 5.32 Å². The van der Waals surface area contributed by atoms with Gasteiger partial charge in [0.2, 0.25) is 17.7 Å². The van der Waals surface area contributed by atoms with Crippen LogP contribution in [0.3, 0.4) is 0 Å². The maximum Gasteiger partial charge on any atom is 0.312 e. The van der Waals surface area contributed by atoms with E-state index >= 15 is 0 Å². The average Bonchev–Trinajstić information content (AvgIpc) is 3.69. The highest BCUT2D eigenvalue weighted by atomic mass is 79.9. The summed E-state index contributed by atoms with van der Waals surface area (Å²) >= 11 is 3.70. The normalized spacial score (nSPS) is 26.8. The van der Waals surface area contributed by atoms with E-state index in [0.29, 0.717) is 19.3 Å². The monoisotopic (exact) mass is 721 g/mol. The number of carbonyl (C=O) groups excluding carboxylic acids is 4. The van der Waals surface area contributed by atoms with Crippen molar-refractivity contribution in [2.75, 3.05) is 19.7 Å². The zero-order chi connectivity index (χ0) is 34.4. The number of ether oxygens (including phenoxy) is 2. The molecule has 0 saturated carbocycles. The van der Waals surface area contributed by atoms with Crippen LogP contribution in [0.5, 0.6) is 0 Å². The standard InChI is InChI=1S/C37H44BrN3O7/c1-4-6-17-29(43)39-21-24(3)47-36(46)30-31-34(44)41(27(23-42)19-25-13-9-7-10-14-25)33(37(31)20-28(38)32(30)48-37)35(45)40(18-5-2)22-26-15-11-8-12-16-26/h4-5,7-16,24,27-28,30-33,42H,1-2,6,17-23H2,3H3,(H,39,43)/t24-,27+,28?,30+,31-,32+,33+,37-/m0/s1. The number of hydrogen-bond acceptors (Lipinski definition) is 7. The van der Waals surface area contributed by atoms with Gasteiger partial charge in [-0.1, -0.05) is 88.7 Å². The Morgan fingerprint density at radius 2 is 1.79 bits per heavy atom. The van der Waals surface area contributed by atoms with E-state index in [1.165, 1.54) is 4.90 Å². The van der Waals surface area contributed by atoms with Crippen LogP contribution in [0.1, 0.15) is 37.3 Å². The van der Waals surface area contributed by atoms with E-state index in [1.54, 1.807) is 24.0 Å². The molecule has 10 nitrogen and oxygen atoms in total. The number of aliphatic hydroxyl groups excluding tert-OH is 1. The van der Waals surface area contributed by atoms with E-state index in [-0.39, 0.29) is 42.7 Å². The van der Waals surface area contributed by atoms with E-state index in [4.69, 9.17) is 9.47 Å². The number of esters is 1. The predicted octanol–water partition coefficient (Wildman–Crippen LogP) is 3.57. The van der Waals surface area contributed by atoms with Gasteiger partial charge < -0.3 is 29.7 Å². The number of rotatable bonds is 16. The third-order valence-corrected chi connectivity index (χ3v) is 10.4. The second kappa shape index (κ2) is 15.6. The first kappa shape index (κ1) is 35.5. The number of likely N-dealkylation sites (tertiary alicyclic amines) is 1. The molecule has 11 heteroatoms. The fourth-order valence-electron chi connectivity index (χ4n) is 7.41. The number of aliphatic hydroxyl groups is 1. The van der Waals surface area contributed by atoms with Gasteiger partial charge in [0.25, 0.3) is 0 Å². The van der Waals surface area contributed by atoms with Crippen molar-refractivity contribution in [1.29, 1.82) is 0 Å². The minimum Gasteiger partial charge on any atom is -0.460 e. The van der Waals surface area contributed by atoms with Gasteiger partial charge >= 0.3 is 5.97 Å². The molecular weight excluding hydrogens is 678 g/mol. The first-order chi connectivity index (χ1) is 23.1. The lowest BCUT2D eigenvalue weighted by Gasteiger charge is -2.39. The Hall–Kier alpha value is -3.80. The molecule has 0 radical (unpaired) electrons.